The zero-order valence-corrected chi connectivity index (χ0v) is 12.3. The van der Waals surface area contributed by atoms with Gasteiger partial charge >= 0.3 is 0 Å². The van der Waals surface area contributed by atoms with Crippen LogP contribution in [0.25, 0.3) is 0 Å². The molecule has 1 saturated heterocycles. The first-order valence-electron chi connectivity index (χ1n) is 6.96. The first-order chi connectivity index (χ1) is 9.69. The summed E-state index contributed by atoms with van der Waals surface area (Å²) in [6.45, 7) is 3.01. The molecule has 108 valence electrons. The van der Waals surface area contributed by atoms with Crippen molar-refractivity contribution in [1.82, 2.24) is 4.90 Å². The van der Waals surface area contributed by atoms with Gasteiger partial charge in [-0.15, -0.1) is 11.8 Å². The van der Waals surface area contributed by atoms with Gasteiger partial charge in [0.15, 0.2) is 0 Å². The molecule has 2 aliphatic heterocycles. The number of aliphatic hydroxyl groups excluding tert-OH is 1. The van der Waals surface area contributed by atoms with Gasteiger partial charge in [-0.25, -0.2) is 0 Å². The van der Waals surface area contributed by atoms with Gasteiger partial charge in [-0.1, -0.05) is 18.2 Å². The van der Waals surface area contributed by atoms with E-state index in [1.54, 1.807) is 11.8 Å². The number of nitrogens with zero attached hydrogens (tertiary/aromatic N) is 1. The first kappa shape index (κ1) is 13.9. The Morgan fingerprint density at radius 1 is 1.45 bits per heavy atom. The zero-order valence-electron chi connectivity index (χ0n) is 11.5. The van der Waals surface area contributed by atoms with Crippen LogP contribution in [0.2, 0.25) is 0 Å². The second-order valence-electron chi connectivity index (χ2n) is 5.40. The van der Waals surface area contributed by atoms with Crippen LogP contribution in [-0.4, -0.2) is 53.6 Å². The van der Waals surface area contributed by atoms with Crippen molar-refractivity contribution in [3.05, 3.63) is 29.8 Å². The molecule has 20 heavy (non-hydrogen) atoms. The Labute approximate surface area is 123 Å². The Morgan fingerprint density at radius 3 is 3.05 bits per heavy atom. The summed E-state index contributed by atoms with van der Waals surface area (Å²) in [5.74, 6) is 0.921. The summed E-state index contributed by atoms with van der Waals surface area (Å²) < 4.78 is 5.60. The molecule has 2 heterocycles. The Balaban J connectivity index is 1.76. The van der Waals surface area contributed by atoms with Crippen molar-refractivity contribution in [3.63, 3.8) is 0 Å². The Hall–Kier alpha value is -1.04. The summed E-state index contributed by atoms with van der Waals surface area (Å²) in [5.41, 5.74) is 1.14. The summed E-state index contributed by atoms with van der Waals surface area (Å²) >= 11 is 1.75. The quantitative estimate of drug-likeness (QED) is 0.897. The van der Waals surface area contributed by atoms with Crippen LogP contribution in [-0.2, 0) is 9.53 Å². The van der Waals surface area contributed by atoms with Gasteiger partial charge in [0.2, 0.25) is 5.91 Å². The van der Waals surface area contributed by atoms with E-state index in [0.29, 0.717) is 13.1 Å². The van der Waals surface area contributed by atoms with E-state index < -0.39 is 0 Å². The minimum Gasteiger partial charge on any atom is -0.394 e. The summed E-state index contributed by atoms with van der Waals surface area (Å²) in [6.07, 6.45) is -0.277. The number of amides is 1. The fourth-order valence-corrected chi connectivity index (χ4v) is 4.13. The van der Waals surface area contributed by atoms with Crippen molar-refractivity contribution in [2.45, 2.75) is 29.9 Å². The van der Waals surface area contributed by atoms with Crippen LogP contribution >= 0.6 is 11.8 Å². The van der Waals surface area contributed by atoms with Crippen LogP contribution in [0.3, 0.4) is 0 Å². The number of aliphatic hydroxyl groups is 1. The molecule has 1 aromatic rings. The number of benzene rings is 1. The van der Waals surface area contributed by atoms with Gasteiger partial charge in [-0.3, -0.25) is 4.79 Å². The van der Waals surface area contributed by atoms with E-state index in [2.05, 4.69) is 6.07 Å². The minimum atomic E-state index is -0.257. The lowest BCUT2D eigenvalue weighted by Crippen LogP contribution is -2.51. The average molecular weight is 293 g/mol. The van der Waals surface area contributed by atoms with Crippen LogP contribution in [0.5, 0.6) is 0 Å². The fraction of sp³-hybridized carbons (Fsp3) is 0.533. The number of thioether (sulfide) groups is 1. The predicted molar refractivity (Wildman–Crippen MR) is 77.9 cm³/mol. The normalized spacial score (nSPS) is 29.3. The van der Waals surface area contributed by atoms with Gasteiger partial charge in [-0.2, -0.15) is 0 Å². The van der Waals surface area contributed by atoms with E-state index in [9.17, 15) is 9.90 Å². The van der Waals surface area contributed by atoms with Crippen LogP contribution in [0.15, 0.2) is 29.2 Å². The van der Waals surface area contributed by atoms with E-state index >= 15 is 0 Å². The number of morpholine rings is 1. The predicted octanol–water partition coefficient (Wildman–Crippen LogP) is 1.48. The number of carbonyl (C=O) groups is 1. The lowest BCUT2D eigenvalue weighted by Gasteiger charge is -2.37. The highest BCUT2D eigenvalue weighted by molar-refractivity contribution is 7.99. The summed E-state index contributed by atoms with van der Waals surface area (Å²) in [7, 11) is 0. The third kappa shape index (κ3) is 2.57. The van der Waals surface area contributed by atoms with Crippen LogP contribution in [0, 0.1) is 0 Å². The van der Waals surface area contributed by atoms with E-state index in [1.807, 2.05) is 30.0 Å². The van der Waals surface area contributed by atoms with Gasteiger partial charge < -0.3 is 14.7 Å². The number of hydrogen-bond acceptors (Lipinski definition) is 4. The smallest absolute Gasteiger partial charge is 0.231 e. The van der Waals surface area contributed by atoms with Crippen molar-refractivity contribution in [1.29, 1.82) is 0 Å². The molecule has 4 nitrogen and oxygen atoms in total. The topological polar surface area (TPSA) is 49.8 Å². The molecular formula is C15H19NO3S. The standard InChI is InChI=1S/C15H19NO3S/c1-10-6-16(7-11(8-17)19-10)15(18)13-9-20-14-5-3-2-4-12(13)14/h2-5,10-11,13,17H,6-9H2,1H3. The maximum Gasteiger partial charge on any atom is 0.231 e. The number of rotatable bonds is 2. The largest absolute Gasteiger partial charge is 0.394 e. The molecule has 2 aliphatic rings. The van der Waals surface area contributed by atoms with E-state index in [-0.39, 0.29) is 30.6 Å². The van der Waals surface area contributed by atoms with Gasteiger partial charge in [0.25, 0.3) is 0 Å². The molecule has 1 fully saturated rings. The van der Waals surface area contributed by atoms with Crippen molar-refractivity contribution >= 4 is 17.7 Å². The van der Waals surface area contributed by atoms with Crippen molar-refractivity contribution in [3.8, 4) is 0 Å². The molecule has 3 atom stereocenters. The molecule has 3 rings (SSSR count). The molecule has 0 spiro atoms. The van der Waals surface area contributed by atoms with Gasteiger partial charge in [0.05, 0.1) is 24.7 Å². The van der Waals surface area contributed by atoms with Crippen LogP contribution in [0.1, 0.15) is 18.4 Å². The third-order valence-corrected chi connectivity index (χ3v) is 5.02. The molecule has 0 aliphatic carbocycles. The molecule has 5 heteroatoms. The molecule has 0 saturated carbocycles. The van der Waals surface area contributed by atoms with E-state index in [1.165, 1.54) is 4.90 Å². The fourth-order valence-electron chi connectivity index (χ4n) is 2.91. The maximum absolute atomic E-state index is 12.7. The molecule has 0 aromatic heterocycles. The zero-order chi connectivity index (χ0) is 14.1. The second-order valence-corrected chi connectivity index (χ2v) is 6.46. The number of hydrogen-bond donors (Lipinski definition) is 1. The van der Waals surface area contributed by atoms with E-state index in [0.717, 1.165) is 11.3 Å². The van der Waals surface area contributed by atoms with Crippen molar-refractivity contribution < 1.29 is 14.6 Å². The van der Waals surface area contributed by atoms with Gasteiger partial charge in [-0.05, 0) is 18.6 Å². The summed E-state index contributed by atoms with van der Waals surface area (Å²) in [4.78, 5) is 15.8. The molecule has 1 aromatic carbocycles. The highest BCUT2D eigenvalue weighted by Gasteiger charge is 2.35. The lowest BCUT2D eigenvalue weighted by atomic mass is 9.99. The highest BCUT2D eigenvalue weighted by Crippen LogP contribution is 2.40. The summed E-state index contributed by atoms with van der Waals surface area (Å²) in [6, 6.07) is 8.12. The highest BCUT2D eigenvalue weighted by atomic mass is 32.2. The number of ether oxygens (including phenoxy) is 1. The van der Waals surface area contributed by atoms with Gasteiger partial charge in [0, 0.05) is 23.7 Å². The molecule has 3 unspecified atom stereocenters. The van der Waals surface area contributed by atoms with Crippen molar-refractivity contribution in [2.24, 2.45) is 0 Å². The number of fused-ring (bicyclic) bond motifs is 1. The Morgan fingerprint density at radius 2 is 2.25 bits per heavy atom. The van der Waals surface area contributed by atoms with Crippen LogP contribution < -0.4 is 0 Å². The van der Waals surface area contributed by atoms with E-state index in [4.69, 9.17) is 4.74 Å². The average Bonchev–Trinajstić information content (AvgIpc) is 2.89. The second kappa shape index (κ2) is 5.76. The summed E-state index contributed by atoms with van der Waals surface area (Å²) in [5, 5.41) is 9.26. The molecular weight excluding hydrogens is 274 g/mol. The minimum absolute atomic E-state index is 0.0193. The third-order valence-electron chi connectivity index (χ3n) is 3.84. The number of carbonyl (C=O) groups excluding carboxylic acids is 1. The van der Waals surface area contributed by atoms with Crippen molar-refractivity contribution in [2.75, 3.05) is 25.4 Å². The molecule has 1 N–H and O–H groups in total. The molecule has 1 amide bonds. The molecule has 0 bridgehead atoms. The molecule has 0 radical (unpaired) electrons. The monoisotopic (exact) mass is 293 g/mol. The lowest BCUT2D eigenvalue weighted by molar-refractivity contribution is -0.148. The van der Waals surface area contributed by atoms with Gasteiger partial charge in [0.1, 0.15) is 0 Å². The first-order valence-corrected chi connectivity index (χ1v) is 7.94. The van der Waals surface area contributed by atoms with Crippen LogP contribution in [0.4, 0.5) is 0 Å². The SMILES string of the molecule is CC1CN(C(=O)C2CSc3ccccc32)CC(CO)O1. The maximum atomic E-state index is 12.7. The Bertz CT molecular complexity index is 508. The Kier molecular flexibility index (Phi) is 4.01.